The Labute approximate surface area is 645 Å². The molecule has 1 aromatic carbocycles. The molecule has 0 radical (unpaired) electrons. The molecule has 109 heavy (non-hydrogen) atoms. The van der Waals surface area contributed by atoms with Crippen LogP contribution in [0.15, 0.2) is 42.7 Å². The molecule has 3 aliphatic carbocycles. The molecule has 3 aliphatic heterocycles. The van der Waals surface area contributed by atoms with Crippen molar-refractivity contribution in [1.29, 1.82) is 0 Å². The molecular formula is C79H117ClF3N13O13. The summed E-state index contributed by atoms with van der Waals surface area (Å²) < 4.78 is 48.6. The van der Waals surface area contributed by atoms with Crippen LogP contribution in [0.1, 0.15) is 192 Å². The molecule has 3 N–H and O–H groups in total. The summed E-state index contributed by atoms with van der Waals surface area (Å²) in [6.07, 6.45) is 7.93. The van der Waals surface area contributed by atoms with E-state index in [2.05, 4.69) is 20.9 Å². The first-order valence-corrected chi connectivity index (χ1v) is 39.6. The van der Waals surface area contributed by atoms with E-state index in [-0.39, 0.29) is 87.8 Å². The van der Waals surface area contributed by atoms with Crippen molar-refractivity contribution in [2.24, 2.45) is 23.7 Å². The average Bonchev–Trinajstić information content (AvgIpc) is 1.72. The van der Waals surface area contributed by atoms with Gasteiger partial charge in [-0.3, -0.25) is 62.5 Å². The zero-order chi connectivity index (χ0) is 79.8. The lowest BCUT2D eigenvalue weighted by Crippen LogP contribution is -2.65. The van der Waals surface area contributed by atoms with Crippen LogP contribution < -0.4 is 16.0 Å². The van der Waals surface area contributed by atoms with E-state index in [1.165, 1.54) is 79.9 Å². The smallest absolute Gasteiger partial charge is 0.372 e. The first kappa shape index (κ1) is 86.6. The number of likely N-dealkylation sites (tertiary alicyclic amines) is 1. The number of hydrogen-bond donors (Lipinski definition) is 3. The largest absolute Gasteiger partial charge is 0.417 e. The zero-order valence-corrected chi connectivity index (χ0v) is 66.4. The summed E-state index contributed by atoms with van der Waals surface area (Å²) in [6, 6.07) is -2.48. The van der Waals surface area contributed by atoms with Gasteiger partial charge in [-0.15, -0.1) is 0 Å². The molecule has 26 nitrogen and oxygen atoms in total. The molecule has 2 aromatic rings. The number of carbonyl (C=O) groups excluding carboxylic acids is 12. The number of benzene rings is 1. The quantitative estimate of drug-likeness (QED) is 0.171. The Morgan fingerprint density at radius 3 is 1.86 bits per heavy atom. The van der Waals surface area contributed by atoms with Gasteiger partial charge in [0.1, 0.15) is 47.8 Å². The van der Waals surface area contributed by atoms with Gasteiger partial charge >= 0.3 is 6.18 Å². The number of carbonyl (C=O) groups is 12. The number of fused-ring (bicyclic) bond motifs is 1. The summed E-state index contributed by atoms with van der Waals surface area (Å²) in [5, 5.41) is 8.21. The highest BCUT2D eigenvalue weighted by Gasteiger charge is 2.52. The van der Waals surface area contributed by atoms with Crippen LogP contribution in [0.5, 0.6) is 0 Å². The predicted octanol–water partition coefficient (Wildman–Crippen LogP) is 7.01. The maximum Gasteiger partial charge on any atom is 0.417 e. The van der Waals surface area contributed by atoms with Gasteiger partial charge in [0.15, 0.2) is 0 Å². The molecule has 3 saturated carbocycles. The van der Waals surface area contributed by atoms with Gasteiger partial charge in [0.2, 0.25) is 70.9 Å². The fraction of sp³-hybridized carbons (Fsp3) is 0.709. The summed E-state index contributed by atoms with van der Waals surface area (Å²) in [7, 11) is 9.98. The highest BCUT2D eigenvalue weighted by molar-refractivity contribution is 6.31. The van der Waals surface area contributed by atoms with Crippen molar-refractivity contribution in [1.82, 2.24) is 65.0 Å². The van der Waals surface area contributed by atoms with E-state index in [9.17, 15) is 37.1 Å². The number of aromatic nitrogens is 1. The second-order valence-corrected chi connectivity index (χ2v) is 32.7. The van der Waals surface area contributed by atoms with Gasteiger partial charge in [-0.05, 0) is 130 Å². The molecule has 4 heterocycles. The Balaban J connectivity index is 1.21. The van der Waals surface area contributed by atoms with Crippen LogP contribution in [0.2, 0.25) is 5.02 Å². The number of rotatable bonds is 14. The number of piperidine rings is 1. The van der Waals surface area contributed by atoms with Crippen molar-refractivity contribution < 1.29 is 75.4 Å². The number of alkyl halides is 3. The first-order chi connectivity index (χ1) is 51.6. The Morgan fingerprint density at radius 2 is 1.25 bits per heavy atom. The minimum atomic E-state index is -4.79. The molecule has 30 heteroatoms. The lowest BCUT2D eigenvalue weighted by atomic mass is 9.81. The number of nitrogens with one attached hydrogen (secondary N) is 3. The number of aryl methyl sites for hydroxylation is 1. The Bertz CT molecular complexity index is 3530. The molecule has 12 amide bonds. The second kappa shape index (κ2) is 39.3. The van der Waals surface area contributed by atoms with E-state index in [4.69, 9.17) is 16.3 Å². The Kier molecular flexibility index (Phi) is 31.2. The van der Waals surface area contributed by atoms with Crippen molar-refractivity contribution in [2.75, 3.05) is 88.6 Å². The van der Waals surface area contributed by atoms with Gasteiger partial charge < -0.3 is 64.8 Å². The summed E-state index contributed by atoms with van der Waals surface area (Å²) in [5.41, 5.74) is -1.81. The first-order valence-electron chi connectivity index (χ1n) is 39.3. The summed E-state index contributed by atoms with van der Waals surface area (Å²) in [6.45, 7) is 6.21. The van der Waals surface area contributed by atoms with Crippen molar-refractivity contribution in [3.05, 3.63) is 64.4 Å². The number of ether oxygens (including phenoxy) is 1. The van der Waals surface area contributed by atoms with Gasteiger partial charge in [-0.25, -0.2) is 0 Å². The van der Waals surface area contributed by atoms with E-state index >= 15 is 33.6 Å². The minimum absolute atomic E-state index is 0.00352. The number of halogens is 4. The number of hydrogen-bond acceptors (Lipinski definition) is 14. The summed E-state index contributed by atoms with van der Waals surface area (Å²) in [4.78, 5) is 198. The predicted molar refractivity (Wildman–Crippen MR) is 402 cm³/mol. The summed E-state index contributed by atoms with van der Waals surface area (Å²) in [5.74, 6) is -8.83. The van der Waals surface area contributed by atoms with E-state index in [0.717, 1.165) is 84.6 Å². The molecule has 0 unspecified atom stereocenters. The summed E-state index contributed by atoms with van der Waals surface area (Å²) >= 11 is 6.24. The van der Waals surface area contributed by atoms with Crippen LogP contribution in [0.4, 0.5) is 13.2 Å². The zero-order valence-electron chi connectivity index (χ0n) is 65.7. The fourth-order valence-corrected chi connectivity index (χ4v) is 17.0. The fourth-order valence-electron chi connectivity index (χ4n) is 16.7. The van der Waals surface area contributed by atoms with E-state index < -0.39 is 174 Å². The third-order valence-electron chi connectivity index (χ3n) is 23.1. The molecule has 8 atom stereocenters. The molecule has 1 spiro atoms. The van der Waals surface area contributed by atoms with E-state index in [1.54, 1.807) is 29.4 Å². The molecular weight excluding hydrogens is 1430 g/mol. The van der Waals surface area contributed by atoms with Crippen molar-refractivity contribution in [2.45, 2.75) is 249 Å². The topological polar surface area (TPSA) is 292 Å². The minimum Gasteiger partial charge on any atom is -0.372 e. The van der Waals surface area contributed by atoms with Crippen LogP contribution >= 0.6 is 11.6 Å². The van der Waals surface area contributed by atoms with Crippen LogP contribution in [0.25, 0.3) is 0 Å². The molecule has 604 valence electrons. The molecule has 3 saturated heterocycles. The number of amides is 12. The highest BCUT2D eigenvalue weighted by Crippen LogP contribution is 2.39. The molecule has 6 fully saturated rings. The standard InChI is InChI=1S/C79H117ClF3N13O13/c1-50(2)38-60-72(103)90(7)47-67(99)88(5)48-68(100)92(9)63(41-52-24-15-12-16-25-52)74(105)89(6)46-65(97)85-59(32-30-53-29-31-57(58(80)40-53)79(81,82)83)73(104)96-45-56(109-49-54-26-23-35-84-44-54)42-62(96)71(102)87-78(33-19-20-34-78)77(108)94(11)69(55-27-17-13-18-28-55)76(107)93(10)64(75(106)95-36-21-14-22-37-95)43-66(98)91(8)61(39-51(3)4)70(101)86-60/h23,26,29,31,35,40,44,50-52,55-56,59-64,69H,12-22,24-25,27-28,30,32-34,36-39,41-43,45-49H2,1-11H3,(H,85,97)(H,86,101)(H,87,102)/t56-,59-,60-,61-,62-,63-,64-,69-/m0/s1. The van der Waals surface area contributed by atoms with Gasteiger partial charge in [0.25, 0.3) is 0 Å². The van der Waals surface area contributed by atoms with Crippen LogP contribution in [-0.2, 0) is 81.5 Å². The van der Waals surface area contributed by atoms with Gasteiger partial charge in [-0.1, -0.05) is 116 Å². The van der Waals surface area contributed by atoms with Crippen LogP contribution in [-0.4, -0.2) is 263 Å². The van der Waals surface area contributed by atoms with E-state index in [0.29, 0.717) is 57.2 Å². The monoisotopic (exact) mass is 1550 g/mol. The Morgan fingerprint density at radius 1 is 0.633 bits per heavy atom. The molecule has 8 rings (SSSR count). The lowest BCUT2D eigenvalue weighted by Gasteiger charge is -2.43. The van der Waals surface area contributed by atoms with Crippen LogP contribution in [0, 0.1) is 23.7 Å². The van der Waals surface area contributed by atoms with Crippen LogP contribution in [0.3, 0.4) is 0 Å². The maximum absolute atomic E-state index is 16.0. The lowest BCUT2D eigenvalue weighted by molar-refractivity contribution is -0.157. The van der Waals surface area contributed by atoms with Crippen molar-refractivity contribution in [3.8, 4) is 0 Å². The molecule has 6 aliphatic rings. The number of nitrogens with zero attached hydrogens (tertiary/aromatic N) is 10. The number of pyridine rings is 1. The third kappa shape index (κ3) is 22.9. The van der Waals surface area contributed by atoms with E-state index in [1.807, 2.05) is 27.7 Å². The van der Waals surface area contributed by atoms with Crippen molar-refractivity contribution in [3.63, 3.8) is 0 Å². The maximum atomic E-state index is 16.0. The third-order valence-corrected chi connectivity index (χ3v) is 23.4. The number of likely N-dealkylation sites (N-methyl/N-ethyl adjacent to an activating group) is 7. The van der Waals surface area contributed by atoms with Crippen molar-refractivity contribution >= 4 is 82.5 Å². The molecule has 0 bridgehead atoms. The molecule has 1 aromatic heterocycles. The highest BCUT2D eigenvalue weighted by atomic mass is 35.5. The average molecular weight is 1550 g/mol. The normalized spacial score (nSPS) is 26.1. The second-order valence-electron chi connectivity index (χ2n) is 32.3. The van der Waals surface area contributed by atoms with Gasteiger partial charge in [-0.2, -0.15) is 13.2 Å². The SMILES string of the molecule is CC(C)C[C@@H]1NC(=O)[C@H](CC(C)C)N(C)C(=O)C[C@@H](C(=O)N2CCCCC2)N(C)C(=O)[C@H](C2CCCCC2)N(C)C(=O)C2(CCCC2)NC(=O)[C@@H]2C[C@H](OCc3cccnc3)CN2C(=O)[C@H](CCc2ccc(C(F)(F)F)c(Cl)c2)NC(=O)CN(C)C(=O)[C@H](CC2CCCCC2)N(C)C(=O)CN(C)C(=O)CN(C)C1=O. The Hall–Kier alpha value is -7.95. The van der Waals surface area contributed by atoms with Gasteiger partial charge in [0.05, 0.1) is 49.4 Å². The van der Waals surface area contributed by atoms with Gasteiger partial charge in [0, 0.05) is 87.8 Å².